The van der Waals surface area contributed by atoms with Crippen LogP contribution >= 0.6 is 0 Å². The Morgan fingerprint density at radius 3 is 2.62 bits per heavy atom. The summed E-state index contributed by atoms with van der Waals surface area (Å²) in [5.74, 6) is 0. The van der Waals surface area contributed by atoms with Crippen LogP contribution < -0.4 is 5.32 Å². The van der Waals surface area contributed by atoms with Crippen LogP contribution in [0.4, 0.5) is 0 Å². The van der Waals surface area contributed by atoms with Crippen molar-refractivity contribution in [2.75, 3.05) is 45.9 Å². The van der Waals surface area contributed by atoms with Crippen molar-refractivity contribution in [1.29, 1.82) is 0 Å². The molecule has 1 rings (SSSR count). The Morgan fingerprint density at radius 1 is 1.31 bits per heavy atom. The van der Waals surface area contributed by atoms with Crippen molar-refractivity contribution in [3.05, 3.63) is 0 Å². The molecule has 0 radical (unpaired) electrons. The molecule has 96 valence electrons. The maximum Gasteiger partial charge on any atom is 0.0639 e. The molecule has 16 heavy (non-hydrogen) atoms. The van der Waals surface area contributed by atoms with Gasteiger partial charge >= 0.3 is 0 Å². The predicted octanol–water partition coefficient (Wildman–Crippen LogP) is 0.459. The standard InChI is InChI=1S/C12H26N2O2/c1-3-12(2,15)4-10-16-11-9-14-7-5-13-6-8-14/h13,15H,3-11H2,1-2H3. The van der Waals surface area contributed by atoms with Gasteiger partial charge in [0, 0.05) is 39.3 Å². The number of hydrogen-bond donors (Lipinski definition) is 2. The van der Waals surface area contributed by atoms with E-state index >= 15 is 0 Å². The van der Waals surface area contributed by atoms with Gasteiger partial charge in [0.15, 0.2) is 0 Å². The molecule has 1 heterocycles. The minimum Gasteiger partial charge on any atom is -0.390 e. The van der Waals surface area contributed by atoms with Crippen LogP contribution in [-0.2, 0) is 4.74 Å². The van der Waals surface area contributed by atoms with Crippen LogP contribution in [0.15, 0.2) is 0 Å². The van der Waals surface area contributed by atoms with E-state index in [1.54, 1.807) is 0 Å². The molecule has 0 spiro atoms. The van der Waals surface area contributed by atoms with E-state index in [4.69, 9.17) is 4.74 Å². The summed E-state index contributed by atoms with van der Waals surface area (Å²) in [6, 6.07) is 0. The molecule has 0 aromatic rings. The second-order valence-electron chi connectivity index (χ2n) is 4.80. The maximum atomic E-state index is 9.77. The lowest BCUT2D eigenvalue weighted by Gasteiger charge is -2.27. The van der Waals surface area contributed by atoms with Crippen LogP contribution in [-0.4, -0.2) is 61.5 Å². The fourth-order valence-corrected chi connectivity index (χ4v) is 1.70. The SMILES string of the molecule is CCC(C)(O)CCOCCN1CCNCC1. The molecule has 1 atom stereocenters. The normalized spacial score (nSPS) is 21.9. The summed E-state index contributed by atoms with van der Waals surface area (Å²) in [5, 5.41) is 13.1. The topological polar surface area (TPSA) is 44.7 Å². The smallest absolute Gasteiger partial charge is 0.0639 e. The molecule has 0 amide bonds. The van der Waals surface area contributed by atoms with Gasteiger partial charge in [0.25, 0.3) is 0 Å². The van der Waals surface area contributed by atoms with E-state index < -0.39 is 5.60 Å². The Balaban J connectivity index is 1.95. The van der Waals surface area contributed by atoms with Gasteiger partial charge in [-0.25, -0.2) is 0 Å². The van der Waals surface area contributed by atoms with Gasteiger partial charge < -0.3 is 15.2 Å². The highest BCUT2D eigenvalue weighted by Crippen LogP contribution is 2.12. The Bertz CT molecular complexity index is 180. The lowest BCUT2D eigenvalue weighted by atomic mass is 10.0. The zero-order chi connectivity index (χ0) is 11.9. The Hall–Kier alpha value is -0.160. The Labute approximate surface area is 99.0 Å². The second kappa shape index (κ2) is 7.22. The molecule has 1 aliphatic rings. The molecule has 0 bridgehead atoms. The number of nitrogens with one attached hydrogen (secondary N) is 1. The Kier molecular flexibility index (Phi) is 6.28. The molecule has 1 aliphatic heterocycles. The molecule has 1 unspecified atom stereocenters. The molecule has 1 fully saturated rings. The van der Waals surface area contributed by atoms with Gasteiger partial charge in [-0.05, 0) is 19.8 Å². The first kappa shape index (κ1) is 13.9. The molecule has 4 heteroatoms. The van der Waals surface area contributed by atoms with Gasteiger partial charge in [0.1, 0.15) is 0 Å². The van der Waals surface area contributed by atoms with Gasteiger partial charge in [-0.1, -0.05) is 6.92 Å². The molecular formula is C12H26N2O2. The molecule has 0 aromatic carbocycles. The summed E-state index contributed by atoms with van der Waals surface area (Å²) in [6.07, 6.45) is 1.51. The van der Waals surface area contributed by atoms with Crippen molar-refractivity contribution >= 4 is 0 Å². The minimum absolute atomic E-state index is 0.560. The van der Waals surface area contributed by atoms with Crippen LogP contribution in [0.25, 0.3) is 0 Å². The van der Waals surface area contributed by atoms with Gasteiger partial charge in [0.05, 0.1) is 12.2 Å². The fourth-order valence-electron chi connectivity index (χ4n) is 1.70. The maximum absolute atomic E-state index is 9.77. The first-order valence-electron chi connectivity index (χ1n) is 6.37. The van der Waals surface area contributed by atoms with Crippen molar-refractivity contribution in [3.8, 4) is 0 Å². The number of piperazine rings is 1. The number of ether oxygens (including phenoxy) is 1. The van der Waals surface area contributed by atoms with Crippen molar-refractivity contribution in [2.24, 2.45) is 0 Å². The van der Waals surface area contributed by atoms with Gasteiger partial charge in [-0.2, -0.15) is 0 Å². The number of rotatable bonds is 7. The van der Waals surface area contributed by atoms with E-state index in [9.17, 15) is 5.11 Å². The highest BCUT2D eigenvalue weighted by atomic mass is 16.5. The third kappa shape index (κ3) is 5.80. The predicted molar refractivity (Wildman–Crippen MR) is 65.7 cm³/mol. The minimum atomic E-state index is -0.560. The molecule has 4 nitrogen and oxygen atoms in total. The van der Waals surface area contributed by atoms with Crippen LogP contribution in [0.2, 0.25) is 0 Å². The molecule has 2 N–H and O–H groups in total. The zero-order valence-electron chi connectivity index (χ0n) is 10.7. The zero-order valence-corrected chi connectivity index (χ0v) is 10.7. The van der Waals surface area contributed by atoms with E-state index in [0.717, 1.165) is 52.2 Å². The summed E-state index contributed by atoms with van der Waals surface area (Å²) in [6.45, 7) is 10.7. The highest BCUT2D eigenvalue weighted by molar-refractivity contribution is 4.70. The van der Waals surface area contributed by atoms with Crippen LogP contribution in [0.3, 0.4) is 0 Å². The van der Waals surface area contributed by atoms with Crippen molar-refractivity contribution in [1.82, 2.24) is 10.2 Å². The van der Waals surface area contributed by atoms with Crippen molar-refractivity contribution < 1.29 is 9.84 Å². The fraction of sp³-hybridized carbons (Fsp3) is 1.00. The lowest BCUT2D eigenvalue weighted by Crippen LogP contribution is -2.44. The third-order valence-corrected chi connectivity index (χ3v) is 3.31. The van der Waals surface area contributed by atoms with Crippen LogP contribution in [0.5, 0.6) is 0 Å². The van der Waals surface area contributed by atoms with Crippen LogP contribution in [0, 0.1) is 0 Å². The van der Waals surface area contributed by atoms with E-state index in [1.165, 1.54) is 0 Å². The molecule has 0 aromatic heterocycles. The second-order valence-corrected chi connectivity index (χ2v) is 4.80. The summed E-state index contributed by atoms with van der Waals surface area (Å²) < 4.78 is 5.55. The lowest BCUT2D eigenvalue weighted by molar-refractivity contribution is 0.00735. The number of aliphatic hydroxyl groups is 1. The molecule has 1 saturated heterocycles. The van der Waals surface area contributed by atoms with Crippen molar-refractivity contribution in [2.45, 2.75) is 32.3 Å². The summed E-state index contributed by atoms with van der Waals surface area (Å²) in [5.41, 5.74) is -0.560. The summed E-state index contributed by atoms with van der Waals surface area (Å²) in [7, 11) is 0. The molecular weight excluding hydrogens is 204 g/mol. The first-order valence-corrected chi connectivity index (χ1v) is 6.37. The van der Waals surface area contributed by atoms with Gasteiger partial charge in [0.2, 0.25) is 0 Å². The average molecular weight is 230 g/mol. The van der Waals surface area contributed by atoms with Gasteiger partial charge in [-0.3, -0.25) is 4.90 Å². The quantitative estimate of drug-likeness (QED) is 0.624. The van der Waals surface area contributed by atoms with E-state index in [2.05, 4.69) is 10.2 Å². The average Bonchev–Trinajstić information content (AvgIpc) is 2.30. The number of hydrogen-bond acceptors (Lipinski definition) is 4. The van der Waals surface area contributed by atoms with E-state index in [1.807, 2.05) is 13.8 Å². The largest absolute Gasteiger partial charge is 0.390 e. The van der Waals surface area contributed by atoms with E-state index in [-0.39, 0.29) is 0 Å². The van der Waals surface area contributed by atoms with E-state index in [0.29, 0.717) is 6.61 Å². The molecule has 0 saturated carbocycles. The molecule has 0 aliphatic carbocycles. The summed E-state index contributed by atoms with van der Waals surface area (Å²) in [4.78, 5) is 2.41. The van der Waals surface area contributed by atoms with Crippen LogP contribution in [0.1, 0.15) is 26.7 Å². The first-order chi connectivity index (χ1) is 7.64. The third-order valence-electron chi connectivity index (χ3n) is 3.31. The number of nitrogens with zero attached hydrogens (tertiary/aromatic N) is 1. The Morgan fingerprint density at radius 2 is 2.00 bits per heavy atom. The van der Waals surface area contributed by atoms with Crippen molar-refractivity contribution in [3.63, 3.8) is 0 Å². The monoisotopic (exact) mass is 230 g/mol. The summed E-state index contributed by atoms with van der Waals surface area (Å²) >= 11 is 0. The van der Waals surface area contributed by atoms with Gasteiger partial charge in [-0.15, -0.1) is 0 Å². The highest BCUT2D eigenvalue weighted by Gasteiger charge is 2.16.